The molecule has 3 rings (SSSR count). The summed E-state index contributed by atoms with van der Waals surface area (Å²) in [6.45, 7) is 5.35. The fourth-order valence-corrected chi connectivity index (χ4v) is 4.46. The van der Waals surface area contributed by atoms with Crippen molar-refractivity contribution in [2.75, 3.05) is 6.61 Å². The summed E-state index contributed by atoms with van der Waals surface area (Å²) in [4.78, 5) is 24.6. The van der Waals surface area contributed by atoms with Crippen molar-refractivity contribution in [3.05, 3.63) is 94.4 Å². The molecular formula is C25H25NO6S. The topological polar surface area (TPSA) is 103 Å². The molecule has 0 fully saturated rings. The van der Waals surface area contributed by atoms with E-state index in [4.69, 9.17) is 9.15 Å². The van der Waals surface area contributed by atoms with E-state index < -0.39 is 16.0 Å². The lowest BCUT2D eigenvalue weighted by atomic mass is 9.97. The third-order valence-electron chi connectivity index (χ3n) is 4.92. The van der Waals surface area contributed by atoms with E-state index in [2.05, 4.69) is 4.72 Å². The molecule has 1 aromatic heterocycles. The molecule has 0 aliphatic heterocycles. The SMILES string of the molecule is Cc1cc(C)c(C(=O)COC(=O)/C=C/c2ccc(S(=O)(=O)NCc3ccco3)cc2)c(C)c1. The van der Waals surface area contributed by atoms with Crippen molar-refractivity contribution in [3.8, 4) is 0 Å². The minimum absolute atomic E-state index is 0.0448. The number of nitrogens with one attached hydrogen (secondary N) is 1. The van der Waals surface area contributed by atoms with Gasteiger partial charge in [-0.1, -0.05) is 29.8 Å². The van der Waals surface area contributed by atoms with Crippen molar-refractivity contribution in [2.45, 2.75) is 32.2 Å². The molecule has 0 unspecified atom stereocenters. The average Bonchev–Trinajstić information content (AvgIpc) is 3.28. The first kappa shape index (κ1) is 24.2. The van der Waals surface area contributed by atoms with E-state index >= 15 is 0 Å². The Hall–Kier alpha value is -3.49. The molecule has 1 N–H and O–H groups in total. The quantitative estimate of drug-likeness (QED) is 0.288. The van der Waals surface area contributed by atoms with Crippen LogP contribution in [0.2, 0.25) is 0 Å². The van der Waals surface area contributed by atoms with Crippen LogP contribution in [0, 0.1) is 20.8 Å². The van der Waals surface area contributed by atoms with Crippen molar-refractivity contribution in [2.24, 2.45) is 0 Å². The van der Waals surface area contributed by atoms with Gasteiger partial charge in [0.2, 0.25) is 15.8 Å². The van der Waals surface area contributed by atoms with Gasteiger partial charge in [-0.05, 0) is 67.8 Å². The van der Waals surface area contributed by atoms with Crippen molar-refractivity contribution in [3.63, 3.8) is 0 Å². The van der Waals surface area contributed by atoms with Crippen LogP contribution in [0.15, 0.2) is 70.2 Å². The number of carbonyl (C=O) groups excluding carboxylic acids is 2. The summed E-state index contributed by atoms with van der Waals surface area (Å²) in [5.74, 6) is -0.422. The third kappa shape index (κ3) is 6.50. The van der Waals surface area contributed by atoms with Crippen LogP contribution in [0.4, 0.5) is 0 Å². The van der Waals surface area contributed by atoms with Crippen LogP contribution in [-0.2, 0) is 26.1 Å². The van der Waals surface area contributed by atoms with E-state index in [0.717, 1.165) is 16.7 Å². The number of ether oxygens (including phenoxy) is 1. The van der Waals surface area contributed by atoms with E-state index in [9.17, 15) is 18.0 Å². The summed E-state index contributed by atoms with van der Waals surface area (Å²) < 4.78 is 37.4. The molecule has 0 spiro atoms. The number of esters is 1. The maximum absolute atomic E-state index is 12.5. The Balaban J connectivity index is 1.55. The van der Waals surface area contributed by atoms with Gasteiger partial charge < -0.3 is 9.15 Å². The lowest BCUT2D eigenvalue weighted by molar-refractivity contribution is -0.136. The van der Waals surface area contributed by atoms with Gasteiger partial charge in [0.25, 0.3) is 0 Å². The monoisotopic (exact) mass is 467 g/mol. The molecule has 3 aromatic rings. The second-order valence-electron chi connectivity index (χ2n) is 7.61. The molecule has 2 aromatic carbocycles. The Labute approximate surface area is 193 Å². The van der Waals surface area contributed by atoms with Crippen LogP contribution >= 0.6 is 0 Å². The smallest absolute Gasteiger partial charge is 0.331 e. The molecule has 0 saturated carbocycles. The average molecular weight is 468 g/mol. The lowest BCUT2D eigenvalue weighted by Gasteiger charge is -2.10. The summed E-state index contributed by atoms with van der Waals surface area (Å²) in [5, 5.41) is 0. The van der Waals surface area contributed by atoms with Crippen LogP contribution in [0.25, 0.3) is 6.08 Å². The van der Waals surface area contributed by atoms with Gasteiger partial charge in [-0.15, -0.1) is 0 Å². The van der Waals surface area contributed by atoms with Crippen molar-refractivity contribution >= 4 is 27.9 Å². The zero-order valence-electron chi connectivity index (χ0n) is 18.6. The largest absolute Gasteiger partial charge is 0.468 e. The number of hydrogen-bond donors (Lipinski definition) is 1. The number of hydrogen-bond acceptors (Lipinski definition) is 6. The summed E-state index contributed by atoms with van der Waals surface area (Å²) in [5.41, 5.74) is 3.92. The zero-order valence-corrected chi connectivity index (χ0v) is 19.4. The van der Waals surface area contributed by atoms with Crippen LogP contribution in [0.5, 0.6) is 0 Å². The number of sulfonamides is 1. The van der Waals surface area contributed by atoms with E-state index in [1.165, 1.54) is 30.5 Å². The minimum Gasteiger partial charge on any atom is -0.468 e. The molecule has 0 amide bonds. The summed E-state index contributed by atoms with van der Waals surface area (Å²) in [7, 11) is -3.70. The predicted molar refractivity (Wildman–Crippen MR) is 124 cm³/mol. The molecule has 172 valence electrons. The van der Waals surface area contributed by atoms with Gasteiger partial charge in [0.1, 0.15) is 5.76 Å². The van der Waals surface area contributed by atoms with Crippen molar-refractivity contribution in [1.29, 1.82) is 0 Å². The van der Waals surface area contributed by atoms with E-state index in [0.29, 0.717) is 16.9 Å². The van der Waals surface area contributed by atoms with Gasteiger partial charge in [-0.25, -0.2) is 17.9 Å². The molecular weight excluding hydrogens is 442 g/mol. The number of carbonyl (C=O) groups is 2. The third-order valence-corrected chi connectivity index (χ3v) is 6.34. The standard InChI is InChI=1S/C25H25NO6S/c1-17-13-18(2)25(19(3)14-17)23(27)16-32-24(28)11-8-20-6-9-22(10-7-20)33(29,30)26-15-21-5-4-12-31-21/h4-14,26H,15-16H2,1-3H3/b11-8+. The van der Waals surface area contributed by atoms with Gasteiger partial charge in [-0.3, -0.25) is 4.79 Å². The van der Waals surface area contributed by atoms with Crippen molar-refractivity contribution < 1.29 is 27.2 Å². The summed E-state index contributed by atoms with van der Waals surface area (Å²) in [6, 6.07) is 13.2. The van der Waals surface area contributed by atoms with Gasteiger partial charge in [0.05, 0.1) is 17.7 Å². The first-order valence-corrected chi connectivity index (χ1v) is 11.7. The first-order chi connectivity index (χ1) is 15.7. The molecule has 33 heavy (non-hydrogen) atoms. The second-order valence-corrected chi connectivity index (χ2v) is 9.38. The molecule has 1 heterocycles. The first-order valence-electron chi connectivity index (χ1n) is 10.2. The molecule has 0 saturated heterocycles. The second kappa shape index (κ2) is 10.4. The molecule has 0 radical (unpaired) electrons. The Kier molecular flexibility index (Phi) is 7.63. The predicted octanol–water partition coefficient (Wildman–Crippen LogP) is 4.12. The molecule has 0 aliphatic rings. The summed E-state index contributed by atoms with van der Waals surface area (Å²) >= 11 is 0. The lowest BCUT2D eigenvalue weighted by Crippen LogP contribution is -2.22. The molecule has 8 heteroatoms. The van der Waals surface area contributed by atoms with Crippen LogP contribution in [-0.4, -0.2) is 26.8 Å². The number of Topliss-reactive ketones (excluding diaryl/α,β-unsaturated/α-hetero) is 1. The van der Waals surface area contributed by atoms with Gasteiger partial charge in [-0.2, -0.15) is 0 Å². The molecule has 0 bridgehead atoms. The highest BCUT2D eigenvalue weighted by Crippen LogP contribution is 2.17. The molecule has 7 nitrogen and oxygen atoms in total. The normalized spacial score (nSPS) is 11.6. The molecule has 0 atom stereocenters. The van der Waals surface area contributed by atoms with Crippen LogP contribution < -0.4 is 4.72 Å². The van der Waals surface area contributed by atoms with Gasteiger partial charge >= 0.3 is 5.97 Å². The highest BCUT2D eigenvalue weighted by atomic mass is 32.2. The molecule has 0 aliphatic carbocycles. The van der Waals surface area contributed by atoms with Gasteiger partial charge in [0, 0.05) is 11.6 Å². The zero-order chi connectivity index (χ0) is 24.0. The maximum atomic E-state index is 12.5. The Morgan fingerprint density at radius 2 is 1.70 bits per heavy atom. The summed E-state index contributed by atoms with van der Waals surface area (Å²) in [6.07, 6.45) is 4.15. The Bertz CT molecular complexity index is 1250. The fraction of sp³-hybridized carbons (Fsp3) is 0.200. The van der Waals surface area contributed by atoms with Crippen molar-refractivity contribution in [1.82, 2.24) is 4.72 Å². The van der Waals surface area contributed by atoms with E-state index in [1.807, 2.05) is 32.9 Å². The number of rotatable bonds is 9. The van der Waals surface area contributed by atoms with Gasteiger partial charge in [0.15, 0.2) is 6.61 Å². The van der Waals surface area contributed by atoms with E-state index in [1.54, 1.807) is 24.3 Å². The number of benzene rings is 2. The van der Waals surface area contributed by atoms with Crippen LogP contribution in [0.1, 0.15) is 38.4 Å². The minimum atomic E-state index is -3.70. The van der Waals surface area contributed by atoms with E-state index in [-0.39, 0.29) is 23.8 Å². The number of ketones is 1. The highest BCUT2D eigenvalue weighted by Gasteiger charge is 2.15. The fourth-order valence-electron chi connectivity index (χ4n) is 3.46. The number of furan rings is 1. The highest BCUT2D eigenvalue weighted by molar-refractivity contribution is 7.89. The maximum Gasteiger partial charge on any atom is 0.331 e. The van der Waals surface area contributed by atoms with Crippen LogP contribution in [0.3, 0.4) is 0 Å². The Morgan fingerprint density at radius 1 is 1.03 bits per heavy atom. The number of aryl methyl sites for hydroxylation is 3. The Morgan fingerprint density at radius 3 is 2.30 bits per heavy atom.